The second-order valence-corrected chi connectivity index (χ2v) is 6.75. The molecular weight excluding hydrogens is 238 g/mol. The van der Waals surface area contributed by atoms with Crippen molar-refractivity contribution in [1.29, 1.82) is 0 Å². The van der Waals surface area contributed by atoms with E-state index in [1.54, 1.807) is 0 Å². The van der Waals surface area contributed by atoms with Gasteiger partial charge in [-0.2, -0.15) is 0 Å². The van der Waals surface area contributed by atoms with E-state index < -0.39 is 5.97 Å². The van der Waals surface area contributed by atoms with Crippen LogP contribution in [0.2, 0.25) is 0 Å². The van der Waals surface area contributed by atoms with Crippen molar-refractivity contribution in [3.05, 3.63) is 0 Å². The van der Waals surface area contributed by atoms with Crippen molar-refractivity contribution < 1.29 is 9.90 Å². The van der Waals surface area contributed by atoms with Crippen LogP contribution in [0.1, 0.15) is 58.8 Å². The summed E-state index contributed by atoms with van der Waals surface area (Å²) in [6.07, 6.45) is 7.77. The first-order chi connectivity index (χ1) is 9.08. The van der Waals surface area contributed by atoms with Crippen LogP contribution >= 0.6 is 0 Å². The summed E-state index contributed by atoms with van der Waals surface area (Å²) in [4.78, 5) is 13.3. The van der Waals surface area contributed by atoms with Crippen molar-refractivity contribution >= 4 is 5.97 Å². The van der Waals surface area contributed by atoms with Crippen molar-refractivity contribution in [3.8, 4) is 0 Å². The SMILES string of the molecule is CC1CCCC(N2CCC(CCC(=O)O)CC2)C1C. The molecule has 1 saturated heterocycles. The fourth-order valence-electron chi connectivity index (χ4n) is 3.97. The second kappa shape index (κ2) is 6.74. The van der Waals surface area contributed by atoms with Crippen molar-refractivity contribution in [2.75, 3.05) is 13.1 Å². The molecule has 0 amide bonds. The third kappa shape index (κ3) is 3.95. The molecule has 0 aromatic rings. The maximum atomic E-state index is 10.6. The van der Waals surface area contributed by atoms with E-state index in [4.69, 9.17) is 5.11 Å². The van der Waals surface area contributed by atoms with Gasteiger partial charge in [-0.25, -0.2) is 0 Å². The monoisotopic (exact) mass is 267 g/mol. The van der Waals surface area contributed by atoms with Gasteiger partial charge in [0.1, 0.15) is 0 Å². The van der Waals surface area contributed by atoms with Crippen LogP contribution in [-0.4, -0.2) is 35.1 Å². The number of likely N-dealkylation sites (tertiary alicyclic amines) is 1. The molecule has 0 spiro atoms. The maximum Gasteiger partial charge on any atom is 0.303 e. The number of hydrogen-bond donors (Lipinski definition) is 1. The lowest BCUT2D eigenvalue weighted by atomic mass is 9.76. The fraction of sp³-hybridized carbons (Fsp3) is 0.938. The molecule has 1 aliphatic heterocycles. The van der Waals surface area contributed by atoms with Gasteiger partial charge in [0, 0.05) is 12.5 Å². The molecule has 0 aromatic heterocycles. The van der Waals surface area contributed by atoms with Crippen molar-refractivity contribution in [3.63, 3.8) is 0 Å². The summed E-state index contributed by atoms with van der Waals surface area (Å²) in [5.74, 6) is 1.69. The summed E-state index contributed by atoms with van der Waals surface area (Å²) < 4.78 is 0. The molecule has 0 aromatic carbocycles. The lowest BCUT2D eigenvalue weighted by molar-refractivity contribution is -0.137. The highest BCUT2D eigenvalue weighted by atomic mass is 16.4. The average Bonchev–Trinajstić information content (AvgIpc) is 2.40. The molecule has 1 N–H and O–H groups in total. The summed E-state index contributed by atoms with van der Waals surface area (Å²) in [5.41, 5.74) is 0. The van der Waals surface area contributed by atoms with E-state index in [2.05, 4.69) is 18.7 Å². The first-order valence-corrected chi connectivity index (χ1v) is 8.03. The predicted octanol–water partition coefficient (Wildman–Crippen LogP) is 3.39. The summed E-state index contributed by atoms with van der Waals surface area (Å²) in [7, 11) is 0. The smallest absolute Gasteiger partial charge is 0.303 e. The zero-order chi connectivity index (χ0) is 13.8. The minimum absolute atomic E-state index is 0.349. The molecule has 2 aliphatic rings. The van der Waals surface area contributed by atoms with Crippen LogP contribution in [0.15, 0.2) is 0 Å². The highest BCUT2D eigenvalue weighted by Gasteiger charge is 2.33. The third-order valence-corrected chi connectivity index (χ3v) is 5.55. The van der Waals surface area contributed by atoms with Gasteiger partial charge in [0.05, 0.1) is 0 Å². The lowest BCUT2D eigenvalue weighted by Gasteiger charge is -2.44. The Labute approximate surface area is 117 Å². The number of carboxylic acids is 1. The number of carboxylic acid groups (broad SMARTS) is 1. The maximum absolute atomic E-state index is 10.6. The van der Waals surface area contributed by atoms with Gasteiger partial charge in [-0.05, 0) is 56.5 Å². The van der Waals surface area contributed by atoms with Crippen LogP contribution in [0, 0.1) is 17.8 Å². The van der Waals surface area contributed by atoms with Crippen LogP contribution in [0.25, 0.3) is 0 Å². The quantitative estimate of drug-likeness (QED) is 0.849. The first kappa shape index (κ1) is 14.8. The van der Waals surface area contributed by atoms with E-state index in [-0.39, 0.29) is 0 Å². The molecule has 2 fully saturated rings. The number of carbonyl (C=O) groups is 1. The second-order valence-electron chi connectivity index (χ2n) is 6.75. The molecule has 3 atom stereocenters. The van der Waals surface area contributed by atoms with E-state index in [9.17, 15) is 4.79 Å². The Bertz CT molecular complexity index is 297. The van der Waals surface area contributed by atoms with Gasteiger partial charge >= 0.3 is 5.97 Å². The Hall–Kier alpha value is -0.570. The van der Waals surface area contributed by atoms with Crippen LogP contribution in [0.4, 0.5) is 0 Å². The summed E-state index contributed by atoms with van der Waals surface area (Å²) in [6.45, 7) is 7.19. The minimum Gasteiger partial charge on any atom is -0.481 e. The molecule has 3 nitrogen and oxygen atoms in total. The van der Waals surface area contributed by atoms with E-state index in [0.717, 1.165) is 24.3 Å². The number of rotatable bonds is 4. The summed E-state index contributed by atoms with van der Waals surface area (Å²) in [6, 6.07) is 0.782. The van der Waals surface area contributed by atoms with Crippen LogP contribution in [0.5, 0.6) is 0 Å². The molecule has 1 saturated carbocycles. The molecule has 0 bridgehead atoms. The average molecular weight is 267 g/mol. The molecule has 0 radical (unpaired) electrons. The predicted molar refractivity (Wildman–Crippen MR) is 77.1 cm³/mol. The number of aliphatic carboxylic acids is 1. The van der Waals surface area contributed by atoms with Crippen molar-refractivity contribution in [1.82, 2.24) is 4.90 Å². The van der Waals surface area contributed by atoms with Crippen molar-refractivity contribution in [2.24, 2.45) is 17.8 Å². The van der Waals surface area contributed by atoms with E-state index >= 15 is 0 Å². The normalized spacial score (nSPS) is 34.3. The lowest BCUT2D eigenvalue weighted by Crippen LogP contribution is -2.47. The Morgan fingerprint density at radius 3 is 2.47 bits per heavy atom. The molecule has 3 heteroatoms. The van der Waals surface area contributed by atoms with E-state index in [1.165, 1.54) is 45.2 Å². The minimum atomic E-state index is -0.642. The van der Waals surface area contributed by atoms with Crippen LogP contribution < -0.4 is 0 Å². The van der Waals surface area contributed by atoms with Gasteiger partial charge in [0.25, 0.3) is 0 Å². The number of piperidine rings is 1. The van der Waals surface area contributed by atoms with Gasteiger partial charge in [0.15, 0.2) is 0 Å². The Kier molecular flexibility index (Phi) is 5.26. The molecule has 1 heterocycles. The summed E-state index contributed by atoms with van der Waals surface area (Å²) in [5, 5.41) is 8.75. The number of nitrogens with zero attached hydrogens (tertiary/aromatic N) is 1. The van der Waals surface area contributed by atoms with Gasteiger partial charge in [-0.1, -0.05) is 26.7 Å². The zero-order valence-electron chi connectivity index (χ0n) is 12.5. The Morgan fingerprint density at radius 1 is 1.16 bits per heavy atom. The number of hydrogen-bond acceptors (Lipinski definition) is 2. The summed E-state index contributed by atoms with van der Waals surface area (Å²) >= 11 is 0. The molecule has 110 valence electrons. The zero-order valence-corrected chi connectivity index (χ0v) is 12.5. The van der Waals surface area contributed by atoms with E-state index in [1.807, 2.05) is 0 Å². The topological polar surface area (TPSA) is 40.5 Å². The van der Waals surface area contributed by atoms with E-state index in [0.29, 0.717) is 12.3 Å². The fourth-order valence-corrected chi connectivity index (χ4v) is 3.97. The largest absolute Gasteiger partial charge is 0.481 e. The van der Waals surface area contributed by atoms with Gasteiger partial charge in [0.2, 0.25) is 0 Å². The molecular formula is C16H29NO2. The van der Waals surface area contributed by atoms with Gasteiger partial charge in [-0.15, -0.1) is 0 Å². The molecule has 3 unspecified atom stereocenters. The highest BCUT2D eigenvalue weighted by Crippen LogP contribution is 2.35. The molecule has 1 aliphatic carbocycles. The standard InChI is InChI=1S/C16H29NO2/c1-12-4-3-5-15(13(12)2)17-10-8-14(9-11-17)6-7-16(18)19/h12-15H,3-11H2,1-2H3,(H,18,19). The van der Waals surface area contributed by atoms with Gasteiger partial charge in [-0.3, -0.25) is 4.79 Å². The Balaban J connectivity index is 1.77. The van der Waals surface area contributed by atoms with Crippen molar-refractivity contribution in [2.45, 2.75) is 64.8 Å². The molecule has 19 heavy (non-hydrogen) atoms. The third-order valence-electron chi connectivity index (χ3n) is 5.55. The highest BCUT2D eigenvalue weighted by molar-refractivity contribution is 5.66. The first-order valence-electron chi connectivity index (χ1n) is 8.03. The van der Waals surface area contributed by atoms with Crippen LogP contribution in [-0.2, 0) is 4.79 Å². The van der Waals surface area contributed by atoms with Crippen LogP contribution in [0.3, 0.4) is 0 Å². The molecule has 2 rings (SSSR count). The van der Waals surface area contributed by atoms with Gasteiger partial charge < -0.3 is 10.0 Å². The Morgan fingerprint density at radius 2 is 1.84 bits per heavy atom.